The number of rotatable bonds is 3. The Morgan fingerprint density at radius 1 is 1.29 bits per heavy atom. The highest BCUT2D eigenvalue weighted by Crippen LogP contribution is 2.28. The zero-order chi connectivity index (χ0) is 12.4. The van der Waals surface area contributed by atoms with Gasteiger partial charge in [0.1, 0.15) is 5.82 Å². The molecular formula is C14H14FNO. The predicted octanol–water partition coefficient (Wildman–Crippen LogP) is 3.21. The van der Waals surface area contributed by atoms with Gasteiger partial charge in [0.2, 0.25) is 0 Å². The molecular weight excluding hydrogens is 217 g/mol. The normalized spacial score (nSPS) is 10.5. The Labute approximate surface area is 99.7 Å². The van der Waals surface area contributed by atoms with Crippen molar-refractivity contribution >= 4 is 6.29 Å². The van der Waals surface area contributed by atoms with Crippen LogP contribution in [-0.4, -0.2) is 10.9 Å². The Balaban J connectivity index is 2.67. The van der Waals surface area contributed by atoms with Gasteiger partial charge in [-0.3, -0.25) is 4.79 Å². The van der Waals surface area contributed by atoms with E-state index >= 15 is 0 Å². The lowest BCUT2D eigenvalue weighted by Crippen LogP contribution is -1.99. The summed E-state index contributed by atoms with van der Waals surface area (Å²) in [6.45, 7) is 2.01. The average molecular weight is 231 g/mol. The van der Waals surface area contributed by atoms with Crippen molar-refractivity contribution in [1.82, 2.24) is 4.57 Å². The molecule has 0 aliphatic rings. The molecule has 88 valence electrons. The van der Waals surface area contributed by atoms with Gasteiger partial charge < -0.3 is 4.57 Å². The summed E-state index contributed by atoms with van der Waals surface area (Å²) in [5.74, 6) is -0.302. The maximum absolute atomic E-state index is 13.7. The van der Waals surface area contributed by atoms with Crippen LogP contribution in [0.4, 0.5) is 4.39 Å². The number of hydrogen-bond donors (Lipinski definition) is 0. The molecule has 1 aromatic carbocycles. The molecule has 0 aliphatic heterocycles. The first-order valence-corrected chi connectivity index (χ1v) is 5.57. The predicted molar refractivity (Wildman–Crippen MR) is 65.6 cm³/mol. The fourth-order valence-corrected chi connectivity index (χ4v) is 2.05. The van der Waals surface area contributed by atoms with Crippen molar-refractivity contribution in [2.75, 3.05) is 0 Å². The zero-order valence-electron chi connectivity index (χ0n) is 9.90. The molecule has 0 unspecified atom stereocenters. The fourth-order valence-electron chi connectivity index (χ4n) is 2.05. The lowest BCUT2D eigenvalue weighted by molar-refractivity contribution is 0.111. The second-order valence-corrected chi connectivity index (χ2v) is 3.94. The van der Waals surface area contributed by atoms with E-state index in [0.29, 0.717) is 16.8 Å². The van der Waals surface area contributed by atoms with E-state index in [0.717, 1.165) is 18.4 Å². The number of halogens is 1. The number of hydrogen-bond acceptors (Lipinski definition) is 1. The number of aldehydes is 1. The van der Waals surface area contributed by atoms with Crippen LogP contribution in [0.3, 0.4) is 0 Å². The summed E-state index contributed by atoms with van der Waals surface area (Å²) in [5, 5.41) is 0. The van der Waals surface area contributed by atoms with Gasteiger partial charge in [-0.15, -0.1) is 0 Å². The van der Waals surface area contributed by atoms with Crippen LogP contribution in [-0.2, 0) is 13.5 Å². The second-order valence-electron chi connectivity index (χ2n) is 3.94. The summed E-state index contributed by atoms with van der Waals surface area (Å²) in [6, 6.07) is 8.39. The van der Waals surface area contributed by atoms with Crippen LogP contribution in [0.1, 0.15) is 23.1 Å². The summed E-state index contributed by atoms with van der Waals surface area (Å²) in [4.78, 5) is 11.1. The van der Waals surface area contributed by atoms with Gasteiger partial charge in [-0.05, 0) is 18.6 Å². The number of benzene rings is 1. The molecule has 0 amide bonds. The van der Waals surface area contributed by atoms with Gasteiger partial charge >= 0.3 is 0 Å². The van der Waals surface area contributed by atoms with Gasteiger partial charge in [-0.2, -0.15) is 0 Å². The van der Waals surface area contributed by atoms with E-state index in [2.05, 4.69) is 0 Å². The molecule has 0 atom stereocenters. The number of aromatic nitrogens is 1. The van der Waals surface area contributed by atoms with Crippen molar-refractivity contribution in [3.8, 4) is 11.1 Å². The highest BCUT2D eigenvalue weighted by Gasteiger charge is 2.15. The first-order valence-electron chi connectivity index (χ1n) is 5.57. The van der Waals surface area contributed by atoms with E-state index in [-0.39, 0.29) is 5.82 Å². The molecule has 2 aromatic rings. The van der Waals surface area contributed by atoms with Gasteiger partial charge in [0.15, 0.2) is 6.29 Å². The van der Waals surface area contributed by atoms with Crippen molar-refractivity contribution in [2.45, 2.75) is 13.3 Å². The monoisotopic (exact) mass is 231 g/mol. The Hall–Kier alpha value is -1.90. The maximum Gasteiger partial charge on any atom is 0.167 e. The molecule has 0 aliphatic carbocycles. The largest absolute Gasteiger partial charge is 0.345 e. The molecule has 0 fully saturated rings. The Kier molecular flexibility index (Phi) is 3.09. The number of nitrogens with zero attached hydrogens (tertiary/aromatic N) is 1. The van der Waals surface area contributed by atoms with E-state index in [9.17, 15) is 9.18 Å². The second kappa shape index (κ2) is 4.53. The van der Waals surface area contributed by atoms with Crippen LogP contribution < -0.4 is 0 Å². The van der Waals surface area contributed by atoms with Crippen LogP contribution in [0, 0.1) is 5.82 Å². The van der Waals surface area contributed by atoms with Gasteiger partial charge in [0.25, 0.3) is 0 Å². The Bertz CT molecular complexity index is 557. The Morgan fingerprint density at radius 2 is 2.00 bits per heavy atom. The van der Waals surface area contributed by atoms with Crippen LogP contribution in [0.2, 0.25) is 0 Å². The molecule has 0 saturated carbocycles. The molecule has 0 N–H and O–H groups in total. The van der Waals surface area contributed by atoms with Crippen LogP contribution in [0.5, 0.6) is 0 Å². The summed E-state index contributed by atoms with van der Waals surface area (Å²) in [6.07, 6.45) is 1.59. The van der Waals surface area contributed by atoms with Crippen LogP contribution in [0.25, 0.3) is 11.1 Å². The minimum Gasteiger partial charge on any atom is -0.345 e. The van der Waals surface area contributed by atoms with Crippen LogP contribution >= 0.6 is 0 Å². The molecule has 1 aromatic heterocycles. The highest BCUT2D eigenvalue weighted by atomic mass is 19.1. The van der Waals surface area contributed by atoms with Crippen molar-refractivity contribution in [1.29, 1.82) is 0 Å². The van der Waals surface area contributed by atoms with Crippen molar-refractivity contribution in [2.24, 2.45) is 7.05 Å². The third-order valence-electron chi connectivity index (χ3n) is 3.02. The van der Waals surface area contributed by atoms with Crippen LogP contribution in [0.15, 0.2) is 30.3 Å². The standard InChI is InChI=1S/C14H14FNO/c1-3-10-8-12(14(9-17)16(10)2)11-6-4-5-7-13(11)15/h4-9H,3H2,1-2H3. The third-order valence-corrected chi connectivity index (χ3v) is 3.02. The van der Waals surface area contributed by atoms with E-state index in [1.807, 2.05) is 24.6 Å². The quantitative estimate of drug-likeness (QED) is 0.743. The third kappa shape index (κ3) is 1.88. The topological polar surface area (TPSA) is 22.0 Å². The average Bonchev–Trinajstić information content (AvgIpc) is 2.66. The minimum atomic E-state index is -0.302. The molecule has 2 nitrogen and oxygen atoms in total. The van der Waals surface area contributed by atoms with E-state index in [1.165, 1.54) is 6.07 Å². The summed E-state index contributed by atoms with van der Waals surface area (Å²) in [7, 11) is 1.83. The van der Waals surface area contributed by atoms with E-state index in [1.54, 1.807) is 18.2 Å². The molecule has 1 heterocycles. The lowest BCUT2D eigenvalue weighted by atomic mass is 10.1. The van der Waals surface area contributed by atoms with E-state index < -0.39 is 0 Å². The number of carbonyl (C=O) groups excluding carboxylic acids is 1. The molecule has 17 heavy (non-hydrogen) atoms. The first kappa shape index (κ1) is 11.6. The van der Waals surface area contributed by atoms with E-state index in [4.69, 9.17) is 0 Å². The molecule has 0 bridgehead atoms. The van der Waals surface area contributed by atoms with Crippen molar-refractivity contribution < 1.29 is 9.18 Å². The zero-order valence-corrected chi connectivity index (χ0v) is 9.90. The molecule has 0 spiro atoms. The van der Waals surface area contributed by atoms with Gasteiger partial charge in [-0.1, -0.05) is 25.1 Å². The SMILES string of the molecule is CCc1cc(-c2ccccc2F)c(C=O)n1C. The van der Waals surface area contributed by atoms with Crippen molar-refractivity contribution in [3.63, 3.8) is 0 Å². The Morgan fingerprint density at radius 3 is 2.59 bits per heavy atom. The fraction of sp³-hybridized carbons (Fsp3) is 0.214. The smallest absolute Gasteiger partial charge is 0.167 e. The molecule has 2 rings (SSSR count). The molecule has 0 saturated heterocycles. The molecule has 0 radical (unpaired) electrons. The van der Waals surface area contributed by atoms with Gasteiger partial charge in [0, 0.05) is 23.9 Å². The summed E-state index contributed by atoms with van der Waals surface area (Å²) < 4.78 is 15.5. The molecule has 3 heteroatoms. The highest BCUT2D eigenvalue weighted by molar-refractivity contribution is 5.86. The lowest BCUT2D eigenvalue weighted by Gasteiger charge is -2.03. The van der Waals surface area contributed by atoms with Crippen molar-refractivity contribution in [3.05, 3.63) is 47.5 Å². The summed E-state index contributed by atoms with van der Waals surface area (Å²) >= 11 is 0. The minimum absolute atomic E-state index is 0.302. The van der Waals surface area contributed by atoms with Gasteiger partial charge in [-0.25, -0.2) is 4.39 Å². The maximum atomic E-state index is 13.7. The number of carbonyl (C=O) groups is 1. The number of aryl methyl sites for hydroxylation is 1. The van der Waals surface area contributed by atoms with Gasteiger partial charge in [0.05, 0.1) is 5.69 Å². The summed E-state index contributed by atoms with van der Waals surface area (Å²) in [5.41, 5.74) is 2.68. The first-order chi connectivity index (χ1) is 8.19.